The van der Waals surface area contributed by atoms with E-state index in [1.165, 1.54) is 46.7 Å². The average Bonchev–Trinajstić information content (AvgIpc) is 3.08. The fourth-order valence-corrected chi connectivity index (χ4v) is 3.98. The van der Waals surface area contributed by atoms with E-state index in [1.807, 2.05) is 12.1 Å². The van der Waals surface area contributed by atoms with Gasteiger partial charge in [0.25, 0.3) is 11.6 Å². The van der Waals surface area contributed by atoms with E-state index >= 15 is 0 Å². The molecule has 0 aliphatic carbocycles. The van der Waals surface area contributed by atoms with Crippen LogP contribution in [0.4, 0.5) is 10.8 Å². The average molecular weight is 386 g/mol. The smallest absolute Gasteiger partial charge is 0.270 e. The number of rotatable bonds is 6. The van der Waals surface area contributed by atoms with Crippen LogP contribution in [-0.4, -0.2) is 21.0 Å². The Hall–Kier alpha value is -2.78. The number of hydrogen-bond acceptors (Lipinski definition) is 7. The van der Waals surface area contributed by atoms with Crippen molar-refractivity contribution in [2.45, 2.75) is 17.0 Å². The third-order valence-corrected chi connectivity index (χ3v) is 5.58. The lowest BCUT2D eigenvalue weighted by molar-refractivity contribution is -0.384. The van der Waals surface area contributed by atoms with Gasteiger partial charge in [-0.1, -0.05) is 53.4 Å². The predicted molar refractivity (Wildman–Crippen MR) is 102 cm³/mol. The molecule has 3 aromatic rings. The fourth-order valence-electron chi connectivity index (χ4n) is 2.16. The summed E-state index contributed by atoms with van der Waals surface area (Å²) in [4.78, 5) is 22.5. The summed E-state index contributed by atoms with van der Waals surface area (Å²) in [6.45, 7) is 2.06. The number of amides is 1. The van der Waals surface area contributed by atoms with E-state index in [4.69, 9.17) is 0 Å². The summed E-state index contributed by atoms with van der Waals surface area (Å²) in [6.07, 6.45) is 0. The van der Waals surface area contributed by atoms with Crippen LogP contribution >= 0.6 is 23.1 Å². The SMILES string of the molecule is Cc1ccccc1CSc1nnc(NC(=O)c2cccc([N+](=O)[O-])c2)s1. The molecule has 0 unspecified atom stereocenters. The molecule has 0 bridgehead atoms. The van der Waals surface area contributed by atoms with Gasteiger partial charge < -0.3 is 0 Å². The van der Waals surface area contributed by atoms with Crippen molar-refractivity contribution in [2.75, 3.05) is 5.32 Å². The highest BCUT2D eigenvalue weighted by molar-refractivity contribution is 8.00. The first kappa shape index (κ1) is 18.0. The molecule has 0 aliphatic rings. The molecule has 0 spiro atoms. The lowest BCUT2D eigenvalue weighted by atomic mass is 10.1. The summed E-state index contributed by atoms with van der Waals surface area (Å²) in [5.41, 5.74) is 2.49. The summed E-state index contributed by atoms with van der Waals surface area (Å²) < 4.78 is 0.739. The highest BCUT2D eigenvalue weighted by Crippen LogP contribution is 2.29. The number of nitrogens with zero attached hydrogens (tertiary/aromatic N) is 3. The third kappa shape index (κ3) is 4.44. The van der Waals surface area contributed by atoms with Gasteiger partial charge in [-0.15, -0.1) is 10.2 Å². The zero-order chi connectivity index (χ0) is 18.5. The van der Waals surface area contributed by atoms with Crippen molar-refractivity contribution < 1.29 is 9.72 Å². The summed E-state index contributed by atoms with van der Waals surface area (Å²) in [5.74, 6) is 0.306. The van der Waals surface area contributed by atoms with Gasteiger partial charge in [0.05, 0.1) is 4.92 Å². The van der Waals surface area contributed by atoms with Crippen LogP contribution in [0.2, 0.25) is 0 Å². The molecule has 0 saturated carbocycles. The standard InChI is InChI=1S/C17H14N4O3S2/c1-11-5-2-3-6-13(11)10-25-17-20-19-16(26-17)18-15(22)12-7-4-8-14(9-12)21(23)24/h2-9H,10H2,1H3,(H,18,19,22). The molecule has 0 atom stereocenters. The zero-order valence-electron chi connectivity index (χ0n) is 13.7. The normalized spacial score (nSPS) is 10.5. The van der Waals surface area contributed by atoms with Gasteiger partial charge in [0.15, 0.2) is 4.34 Å². The molecule has 9 heteroatoms. The van der Waals surface area contributed by atoms with Gasteiger partial charge in [0, 0.05) is 23.4 Å². The van der Waals surface area contributed by atoms with Crippen LogP contribution in [-0.2, 0) is 5.75 Å². The third-order valence-electron chi connectivity index (χ3n) is 3.56. The molecule has 0 aliphatic heterocycles. The number of benzene rings is 2. The maximum Gasteiger partial charge on any atom is 0.270 e. The molecule has 26 heavy (non-hydrogen) atoms. The molecule has 1 heterocycles. The van der Waals surface area contributed by atoms with Crippen LogP contribution in [0.15, 0.2) is 52.9 Å². The molecule has 0 fully saturated rings. The summed E-state index contributed by atoms with van der Waals surface area (Å²) in [7, 11) is 0. The first-order chi connectivity index (χ1) is 12.5. The Bertz CT molecular complexity index is 958. The fraction of sp³-hybridized carbons (Fsp3) is 0.118. The Balaban J connectivity index is 1.63. The number of aryl methyl sites for hydroxylation is 1. The van der Waals surface area contributed by atoms with Gasteiger partial charge in [-0.2, -0.15) is 0 Å². The Morgan fingerprint density at radius 3 is 2.81 bits per heavy atom. The van der Waals surface area contributed by atoms with Crippen LogP contribution in [0.1, 0.15) is 21.5 Å². The van der Waals surface area contributed by atoms with Crippen molar-refractivity contribution >= 4 is 39.8 Å². The summed E-state index contributed by atoms with van der Waals surface area (Å²) >= 11 is 2.81. The van der Waals surface area contributed by atoms with E-state index in [-0.39, 0.29) is 11.3 Å². The van der Waals surface area contributed by atoms with E-state index in [9.17, 15) is 14.9 Å². The van der Waals surface area contributed by atoms with Crippen LogP contribution < -0.4 is 5.32 Å². The highest BCUT2D eigenvalue weighted by atomic mass is 32.2. The number of non-ortho nitro benzene ring substituents is 1. The minimum Gasteiger partial charge on any atom is -0.296 e. The molecule has 1 N–H and O–H groups in total. The topological polar surface area (TPSA) is 98.0 Å². The molecule has 1 aromatic heterocycles. The Labute approximate surface area is 157 Å². The number of nitrogens with one attached hydrogen (secondary N) is 1. The molecule has 0 saturated heterocycles. The second-order valence-corrected chi connectivity index (χ2v) is 7.55. The molecule has 1 amide bonds. The van der Waals surface area contributed by atoms with Gasteiger partial charge in [0.2, 0.25) is 5.13 Å². The molecular weight excluding hydrogens is 372 g/mol. The molecule has 7 nitrogen and oxygen atoms in total. The number of aromatic nitrogens is 2. The largest absolute Gasteiger partial charge is 0.296 e. The van der Waals surface area contributed by atoms with Gasteiger partial charge in [0.1, 0.15) is 0 Å². The van der Waals surface area contributed by atoms with Crippen LogP contribution in [0.3, 0.4) is 0 Å². The van der Waals surface area contributed by atoms with Gasteiger partial charge in [-0.25, -0.2) is 0 Å². The van der Waals surface area contributed by atoms with Gasteiger partial charge in [-0.3, -0.25) is 20.2 Å². The Morgan fingerprint density at radius 2 is 2.04 bits per heavy atom. The lowest BCUT2D eigenvalue weighted by Gasteiger charge is -2.02. The second kappa shape index (κ2) is 8.07. The van der Waals surface area contributed by atoms with Crippen molar-refractivity contribution in [3.05, 3.63) is 75.3 Å². The quantitative estimate of drug-likeness (QED) is 0.293. The van der Waals surface area contributed by atoms with E-state index in [0.717, 1.165) is 10.1 Å². The van der Waals surface area contributed by atoms with Crippen LogP contribution in [0, 0.1) is 17.0 Å². The van der Waals surface area contributed by atoms with E-state index in [2.05, 4.69) is 34.6 Å². The van der Waals surface area contributed by atoms with E-state index in [1.54, 1.807) is 11.8 Å². The number of carbonyl (C=O) groups is 1. The summed E-state index contributed by atoms with van der Waals surface area (Å²) in [5, 5.41) is 21.8. The molecule has 132 valence electrons. The number of nitro benzene ring substituents is 1. The van der Waals surface area contributed by atoms with Crippen molar-refractivity contribution in [1.29, 1.82) is 0 Å². The minimum absolute atomic E-state index is 0.135. The maximum absolute atomic E-state index is 12.2. The second-order valence-electron chi connectivity index (χ2n) is 5.35. The first-order valence-corrected chi connectivity index (χ1v) is 9.40. The maximum atomic E-state index is 12.2. The number of carbonyl (C=O) groups excluding carboxylic acids is 1. The van der Waals surface area contributed by atoms with Crippen LogP contribution in [0.5, 0.6) is 0 Å². The predicted octanol–water partition coefficient (Wildman–Crippen LogP) is 4.30. The van der Waals surface area contributed by atoms with Crippen molar-refractivity contribution in [3.63, 3.8) is 0 Å². The molecule has 3 rings (SSSR count). The van der Waals surface area contributed by atoms with Gasteiger partial charge >= 0.3 is 0 Å². The lowest BCUT2D eigenvalue weighted by Crippen LogP contribution is -2.11. The number of nitro groups is 1. The van der Waals surface area contributed by atoms with Gasteiger partial charge in [-0.05, 0) is 24.1 Å². The van der Waals surface area contributed by atoms with Crippen molar-refractivity contribution in [3.8, 4) is 0 Å². The van der Waals surface area contributed by atoms with Crippen molar-refractivity contribution in [1.82, 2.24) is 10.2 Å². The molecule has 0 radical (unpaired) electrons. The molecular formula is C17H14N4O3S2. The Kier molecular flexibility index (Phi) is 5.59. The number of thioether (sulfide) groups is 1. The van der Waals surface area contributed by atoms with Crippen molar-refractivity contribution in [2.24, 2.45) is 0 Å². The number of anilines is 1. The Morgan fingerprint density at radius 1 is 1.23 bits per heavy atom. The van der Waals surface area contributed by atoms with E-state index in [0.29, 0.717) is 5.13 Å². The first-order valence-electron chi connectivity index (χ1n) is 7.59. The van der Waals surface area contributed by atoms with E-state index < -0.39 is 10.8 Å². The zero-order valence-corrected chi connectivity index (χ0v) is 15.3. The minimum atomic E-state index is -0.540. The monoisotopic (exact) mass is 386 g/mol. The summed E-state index contributed by atoms with van der Waals surface area (Å²) in [6, 6.07) is 13.7. The highest BCUT2D eigenvalue weighted by Gasteiger charge is 2.14. The molecule has 2 aromatic carbocycles. The van der Waals surface area contributed by atoms with Crippen LogP contribution in [0.25, 0.3) is 0 Å². The number of hydrogen-bond donors (Lipinski definition) is 1.